The van der Waals surface area contributed by atoms with Crippen LogP contribution in [0.1, 0.15) is 5.56 Å². The van der Waals surface area contributed by atoms with Gasteiger partial charge in [0.05, 0.1) is 6.54 Å². The van der Waals surface area contributed by atoms with Crippen LogP contribution >= 0.6 is 0 Å². The average Bonchev–Trinajstić information content (AvgIpc) is 2.81. The summed E-state index contributed by atoms with van der Waals surface area (Å²) < 4.78 is 5.65. The largest absolute Gasteiger partial charge is 0.474 e. The van der Waals surface area contributed by atoms with Crippen molar-refractivity contribution < 1.29 is 4.74 Å². The molecule has 0 amide bonds. The Kier molecular flexibility index (Phi) is 2.71. The smallest absolute Gasteiger partial charge is 0.246 e. The highest BCUT2D eigenvalue weighted by Crippen LogP contribution is 2.33. The second kappa shape index (κ2) is 4.72. The molecule has 1 aliphatic heterocycles. The van der Waals surface area contributed by atoms with Crippen molar-refractivity contribution in [1.29, 1.82) is 0 Å². The predicted molar refractivity (Wildman–Crippen MR) is 81.3 cm³/mol. The lowest BCUT2D eigenvalue weighted by Crippen LogP contribution is -2.28. The molecule has 22 heavy (non-hydrogen) atoms. The van der Waals surface area contributed by atoms with E-state index in [4.69, 9.17) is 16.2 Å². The van der Waals surface area contributed by atoms with Crippen LogP contribution in [0.15, 0.2) is 18.3 Å². The van der Waals surface area contributed by atoms with E-state index in [2.05, 4.69) is 25.1 Å². The topological polar surface area (TPSA) is 132 Å². The van der Waals surface area contributed by atoms with Crippen LogP contribution in [0.2, 0.25) is 0 Å². The minimum Gasteiger partial charge on any atom is -0.474 e. The number of aromatic amines is 1. The number of pyridine rings is 1. The number of nitrogens with two attached hydrogens (primary N) is 2. The second-order valence-electron chi connectivity index (χ2n) is 4.98. The SMILES string of the molecule is Nc1nc2c3c(n[nH]c3n1)OCCN2Cc1cccnc1N. The number of rotatable bonds is 2. The molecule has 0 saturated carbocycles. The maximum atomic E-state index is 5.93. The molecular weight excluding hydrogens is 284 g/mol. The summed E-state index contributed by atoms with van der Waals surface area (Å²) in [6.07, 6.45) is 1.67. The number of anilines is 3. The third-order valence-electron chi connectivity index (χ3n) is 3.57. The highest BCUT2D eigenvalue weighted by atomic mass is 16.5. The number of nitrogen functional groups attached to an aromatic ring is 2. The van der Waals surface area contributed by atoms with Gasteiger partial charge in [0.1, 0.15) is 23.6 Å². The van der Waals surface area contributed by atoms with Crippen molar-refractivity contribution in [2.24, 2.45) is 0 Å². The van der Waals surface area contributed by atoms with Crippen LogP contribution in [0.4, 0.5) is 17.6 Å². The van der Waals surface area contributed by atoms with Gasteiger partial charge < -0.3 is 21.1 Å². The zero-order valence-corrected chi connectivity index (χ0v) is 11.7. The first-order chi connectivity index (χ1) is 10.7. The van der Waals surface area contributed by atoms with Gasteiger partial charge in [0, 0.05) is 18.3 Å². The Morgan fingerprint density at radius 1 is 1.32 bits per heavy atom. The number of aromatic nitrogens is 5. The Hall–Kier alpha value is -3.10. The average molecular weight is 298 g/mol. The lowest BCUT2D eigenvalue weighted by molar-refractivity contribution is 0.317. The van der Waals surface area contributed by atoms with Crippen molar-refractivity contribution in [2.45, 2.75) is 6.54 Å². The summed E-state index contributed by atoms with van der Waals surface area (Å²) in [4.78, 5) is 14.7. The first-order valence-corrected chi connectivity index (χ1v) is 6.81. The summed E-state index contributed by atoms with van der Waals surface area (Å²) in [5, 5.41) is 7.66. The van der Waals surface area contributed by atoms with Crippen LogP contribution in [0.5, 0.6) is 5.88 Å². The van der Waals surface area contributed by atoms with E-state index in [9.17, 15) is 0 Å². The van der Waals surface area contributed by atoms with Gasteiger partial charge in [-0.15, -0.1) is 5.10 Å². The molecule has 0 bridgehead atoms. The van der Waals surface area contributed by atoms with Crippen molar-refractivity contribution in [1.82, 2.24) is 25.1 Å². The lowest BCUT2D eigenvalue weighted by atomic mass is 10.2. The van der Waals surface area contributed by atoms with Crippen LogP contribution < -0.4 is 21.1 Å². The normalized spacial score (nSPS) is 13.9. The quantitative estimate of drug-likeness (QED) is 0.616. The molecule has 0 unspecified atom stereocenters. The van der Waals surface area contributed by atoms with Gasteiger partial charge in [-0.1, -0.05) is 6.07 Å². The van der Waals surface area contributed by atoms with Crippen LogP contribution in [0.3, 0.4) is 0 Å². The molecule has 0 aliphatic carbocycles. The van der Waals surface area contributed by atoms with E-state index in [-0.39, 0.29) is 5.95 Å². The summed E-state index contributed by atoms with van der Waals surface area (Å²) in [5.74, 6) is 1.86. The fourth-order valence-corrected chi connectivity index (χ4v) is 2.54. The summed E-state index contributed by atoms with van der Waals surface area (Å²) in [6.45, 7) is 1.67. The molecule has 0 radical (unpaired) electrons. The Labute approximate surface area is 125 Å². The fraction of sp³-hybridized carbons (Fsp3) is 0.231. The van der Waals surface area contributed by atoms with Gasteiger partial charge in [0.15, 0.2) is 5.65 Å². The van der Waals surface area contributed by atoms with Crippen molar-refractivity contribution >= 4 is 28.6 Å². The number of hydrogen-bond donors (Lipinski definition) is 3. The molecule has 0 fully saturated rings. The van der Waals surface area contributed by atoms with Gasteiger partial charge in [-0.25, -0.2) is 4.98 Å². The summed E-state index contributed by atoms with van der Waals surface area (Å²) in [6, 6.07) is 3.79. The molecule has 112 valence electrons. The molecule has 9 nitrogen and oxygen atoms in total. The number of nitrogens with zero attached hydrogens (tertiary/aromatic N) is 5. The Morgan fingerprint density at radius 2 is 2.23 bits per heavy atom. The Bertz CT molecular complexity index is 845. The summed E-state index contributed by atoms with van der Waals surface area (Å²) in [7, 11) is 0. The van der Waals surface area contributed by atoms with E-state index in [1.165, 1.54) is 0 Å². The molecule has 0 spiro atoms. The monoisotopic (exact) mass is 298 g/mol. The highest BCUT2D eigenvalue weighted by Gasteiger charge is 2.24. The third kappa shape index (κ3) is 1.94. The van der Waals surface area contributed by atoms with Gasteiger partial charge in [-0.2, -0.15) is 9.97 Å². The van der Waals surface area contributed by atoms with E-state index >= 15 is 0 Å². The van der Waals surface area contributed by atoms with Crippen molar-refractivity contribution in [3.05, 3.63) is 23.9 Å². The molecular formula is C13H14N8O. The molecule has 0 saturated heterocycles. The molecule has 0 aromatic carbocycles. The predicted octanol–water partition coefficient (Wildman–Crippen LogP) is 0.311. The van der Waals surface area contributed by atoms with Gasteiger partial charge in [-0.05, 0) is 6.07 Å². The number of ether oxygens (including phenoxy) is 1. The first-order valence-electron chi connectivity index (χ1n) is 6.81. The molecule has 4 rings (SSSR count). The molecule has 4 heterocycles. The first kappa shape index (κ1) is 12.6. The van der Waals surface area contributed by atoms with Crippen LogP contribution in [-0.4, -0.2) is 38.3 Å². The third-order valence-corrected chi connectivity index (χ3v) is 3.57. The highest BCUT2D eigenvalue weighted by molar-refractivity contribution is 5.93. The number of hydrogen-bond acceptors (Lipinski definition) is 8. The molecule has 0 atom stereocenters. The second-order valence-corrected chi connectivity index (χ2v) is 4.98. The van der Waals surface area contributed by atoms with E-state index in [0.717, 1.165) is 10.9 Å². The van der Waals surface area contributed by atoms with Crippen LogP contribution in [-0.2, 0) is 6.54 Å². The van der Waals surface area contributed by atoms with E-state index in [1.54, 1.807) is 6.20 Å². The van der Waals surface area contributed by atoms with E-state index in [1.807, 2.05) is 17.0 Å². The van der Waals surface area contributed by atoms with Gasteiger partial charge >= 0.3 is 0 Å². The summed E-state index contributed by atoms with van der Waals surface area (Å²) >= 11 is 0. The fourth-order valence-electron chi connectivity index (χ4n) is 2.54. The zero-order chi connectivity index (χ0) is 15.1. The number of nitrogens with one attached hydrogen (secondary N) is 1. The minimum atomic E-state index is 0.184. The Balaban J connectivity index is 1.82. The molecule has 3 aromatic rings. The zero-order valence-electron chi connectivity index (χ0n) is 11.7. The molecule has 3 aromatic heterocycles. The maximum absolute atomic E-state index is 5.93. The van der Waals surface area contributed by atoms with Crippen molar-refractivity contribution in [3.8, 4) is 5.88 Å². The van der Waals surface area contributed by atoms with Gasteiger partial charge in [0.25, 0.3) is 0 Å². The van der Waals surface area contributed by atoms with E-state index in [0.29, 0.717) is 42.9 Å². The maximum Gasteiger partial charge on any atom is 0.246 e. The molecule has 5 N–H and O–H groups in total. The molecule has 1 aliphatic rings. The Morgan fingerprint density at radius 3 is 3.09 bits per heavy atom. The van der Waals surface area contributed by atoms with Crippen molar-refractivity contribution in [2.75, 3.05) is 29.5 Å². The van der Waals surface area contributed by atoms with Crippen LogP contribution in [0, 0.1) is 0 Å². The standard InChI is InChI=1S/C13H14N8O/c14-9-7(2-1-3-16-9)6-21-4-5-22-12-8-10(19-20-12)17-13(15)18-11(8)21/h1-3H,4-6H2,(H2,14,16)(H3,15,17,18,19,20). The van der Waals surface area contributed by atoms with Crippen LogP contribution in [0.25, 0.3) is 11.0 Å². The number of H-pyrrole nitrogens is 1. The minimum absolute atomic E-state index is 0.184. The van der Waals surface area contributed by atoms with Gasteiger partial charge in [0.2, 0.25) is 11.8 Å². The summed E-state index contributed by atoms with van der Waals surface area (Å²) in [5.41, 5.74) is 13.2. The van der Waals surface area contributed by atoms with Crippen molar-refractivity contribution in [3.63, 3.8) is 0 Å². The lowest BCUT2D eigenvalue weighted by Gasteiger charge is -2.22. The van der Waals surface area contributed by atoms with E-state index < -0.39 is 0 Å². The van der Waals surface area contributed by atoms with Gasteiger partial charge in [-0.3, -0.25) is 5.10 Å². The molecule has 9 heteroatoms.